The van der Waals surface area contributed by atoms with Crippen LogP contribution in [-0.2, 0) is 0 Å². The van der Waals surface area contributed by atoms with Crippen LogP contribution < -0.4 is 5.56 Å². The zero-order valence-electron chi connectivity index (χ0n) is 10.7. The van der Waals surface area contributed by atoms with Crippen LogP contribution in [0.4, 0.5) is 0 Å². The molecule has 1 aromatic carbocycles. The number of hydrogen-bond donors (Lipinski definition) is 1. The lowest BCUT2D eigenvalue weighted by molar-refractivity contribution is 0.756. The Labute approximate surface area is 101 Å². The van der Waals surface area contributed by atoms with Gasteiger partial charge in [0.1, 0.15) is 0 Å². The SMILES string of the molecule is Cc1ccccc1-n1[nH]c(C(C)C)c(C)c1=O. The Kier molecular flexibility index (Phi) is 2.92. The zero-order valence-corrected chi connectivity index (χ0v) is 10.7. The summed E-state index contributed by atoms with van der Waals surface area (Å²) in [5, 5.41) is 3.21. The van der Waals surface area contributed by atoms with E-state index in [0.29, 0.717) is 5.92 Å². The second-order valence-corrected chi connectivity index (χ2v) is 4.73. The molecule has 2 aromatic rings. The lowest BCUT2D eigenvalue weighted by Crippen LogP contribution is -2.16. The molecule has 0 radical (unpaired) electrons. The summed E-state index contributed by atoms with van der Waals surface area (Å²) in [6, 6.07) is 7.88. The summed E-state index contributed by atoms with van der Waals surface area (Å²) in [4.78, 5) is 12.2. The highest BCUT2D eigenvalue weighted by molar-refractivity contribution is 5.40. The van der Waals surface area contributed by atoms with Crippen molar-refractivity contribution < 1.29 is 0 Å². The third kappa shape index (κ3) is 1.93. The number of nitrogens with zero attached hydrogens (tertiary/aromatic N) is 1. The van der Waals surface area contributed by atoms with Gasteiger partial charge in [-0.15, -0.1) is 0 Å². The summed E-state index contributed by atoms with van der Waals surface area (Å²) in [7, 11) is 0. The summed E-state index contributed by atoms with van der Waals surface area (Å²) in [5.74, 6) is 0.327. The average Bonchev–Trinajstić information content (AvgIpc) is 2.57. The van der Waals surface area contributed by atoms with E-state index in [1.54, 1.807) is 4.68 Å². The monoisotopic (exact) mass is 230 g/mol. The van der Waals surface area contributed by atoms with Gasteiger partial charge in [0.25, 0.3) is 5.56 Å². The van der Waals surface area contributed by atoms with Crippen LogP contribution in [-0.4, -0.2) is 9.78 Å². The third-order valence-electron chi connectivity index (χ3n) is 3.09. The number of rotatable bonds is 2. The van der Waals surface area contributed by atoms with Gasteiger partial charge in [0.2, 0.25) is 0 Å². The van der Waals surface area contributed by atoms with Gasteiger partial charge < -0.3 is 0 Å². The van der Waals surface area contributed by atoms with E-state index < -0.39 is 0 Å². The molecule has 0 bridgehead atoms. The summed E-state index contributed by atoms with van der Waals surface area (Å²) < 4.78 is 1.64. The van der Waals surface area contributed by atoms with Gasteiger partial charge in [-0.2, -0.15) is 0 Å². The smallest absolute Gasteiger partial charge is 0.274 e. The Morgan fingerprint density at radius 1 is 1.18 bits per heavy atom. The number of nitrogens with one attached hydrogen (secondary N) is 1. The molecule has 0 saturated carbocycles. The largest absolute Gasteiger partial charge is 0.294 e. The van der Waals surface area contributed by atoms with Crippen molar-refractivity contribution in [1.82, 2.24) is 9.78 Å². The lowest BCUT2D eigenvalue weighted by Gasteiger charge is -2.06. The first-order valence-electron chi connectivity index (χ1n) is 5.90. The highest BCUT2D eigenvalue weighted by Gasteiger charge is 2.14. The third-order valence-corrected chi connectivity index (χ3v) is 3.09. The minimum Gasteiger partial charge on any atom is -0.294 e. The molecule has 1 aromatic heterocycles. The molecule has 0 aliphatic rings. The minimum atomic E-state index is 0.0444. The van der Waals surface area contributed by atoms with E-state index in [-0.39, 0.29) is 5.56 Å². The van der Waals surface area contributed by atoms with Crippen molar-refractivity contribution in [1.29, 1.82) is 0 Å². The van der Waals surface area contributed by atoms with Gasteiger partial charge in [0.05, 0.1) is 5.69 Å². The Morgan fingerprint density at radius 3 is 2.35 bits per heavy atom. The Morgan fingerprint density at radius 2 is 1.82 bits per heavy atom. The molecule has 17 heavy (non-hydrogen) atoms. The summed E-state index contributed by atoms with van der Waals surface area (Å²) in [5.41, 5.74) is 3.88. The van der Waals surface area contributed by atoms with Crippen molar-refractivity contribution in [2.75, 3.05) is 0 Å². The fraction of sp³-hybridized carbons (Fsp3) is 0.357. The Bertz CT molecular complexity index is 591. The topological polar surface area (TPSA) is 37.8 Å². The number of aryl methyl sites for hydroxylation is 1. The van der Waals surface area contributed by atoms with Crippen molar-refractivity contribution in [3.63, 3.8) is 0 Å². The molecule has 90 valence electrons. The first kappa shape index (κ1) is 11.7. The van der Waals surface area contributed by atoms with Gasteiger partial charge in [0, 0.05) is 11.3 Å². The fourth-order valence-electron chi connectivity index (χ4n) is 2.08. The summed E-state index contributed by atoms with van der Waals surface area (Å²) in [6.07, 6.45) is 0. The molecule has 0 unspecified atom stereocenters. The lowest BCUT2D eigenvalue weighted by atomic mass is 10.1. The molecular weight excluding hydrogens is 212 g/mol. The predicted octanol–water partition coefficient (Wildman–Crippen LogP) is 2.91. The van der Waals surface area contributed by atoms with Crippen LogP contribution in [0.3, 0.4) is 0 Å². The van der Waals surface area contributed by atoms with Crippen molar-refractivity contribution in [2.24, 2.45) is 0 Å². The number of benzene rings is 1. The van der Waals surface area contributed by atoms with Crippen LogP contribution in [0.1, 0.15) is 36.6 Å². The van der Waals surface area contributed by atoms with E-state index in [0.717, 1.165) is 22.5 Å². The van der Waals surface area contributed by atoms with Crippen molar-refractivity contribution >= 4 is 0 Å². The normalized spacial score (nSPS) is 11.1. The predicted molar refractivity (Wildman–Crippen MR) is 70.0 cm³/mol. The van der Waals surface area contributed by atoms with Crippen LogP contribution in [0.5, 0.6) is 0 Å². The quantitative estimate of drug-likeness (QED) is 0.846. The van der Waals surface area contributed by atoms with Gasteiger partial charge in [0.15, 0.2) is 0 Å². The Hall–Kier alpha value is -1.77. The first-order chi connectivity index (χ1) is 8.02. The Balaban J connectivity index is 2.66. The molecule has 1 N–H and O–H groups in total. The van der Waals surface area contributed by atoms with E-state index in [1.807, 2.05) is 38.1 Å². The number of aromatic amines is 1. The molecule has 0 fully saturated rings. The van der Waals surface area contributed by atoms with E-state index >= 15 is 0 Å². The van der Waals surface area contributed by atoms with Gasteiger partial charge in [-0.05, 0) is 31.4 Å². The molecule has 3 heteroatoms. The highest BCUT2D eigenvalue weighted by atomic mass is 16.1. The molecule has 0 aliphatic carbocycles. The average molecular weight is 230 g/mol. The molecule has 1 heterocycles. The van der Waals surface area contributed by atoms with Crippen LogP contribution in [0, 0.1) is 13.8 Å². The highest BCUT2D eigenvalue weighted by Crippen LogP contribution is 2.17. The van der Waals surface area contributed by atoms with Gasteiger partial charge in [-0.3, -0.25) is 9.89 Å². The second kappa shape index (κ2) is 4.24. The van der Waals surface area contributed by atoms with E-state index in [9.17, 15) is 4.79 Å². The van der Waals surface area contributed by atoms with Crippen molar-refractivity contribution in [2.45, 2.75) is 33.6 Å². The van der Waals surface area contributed by atoms with Crippen molar-refractivity contribution in [3.8, 4) is 5.69 Å². The molecule has 2 rings (SSSR count). The minimum absolute atomic E-state index is 0.0444. The number of H-pyrrole nitrogens is 1. The molecule has 0 saturated heterocycles. The van der Waals surface area contributed by atoms with Crippen LogP contribution >= 0.6 is 0 Å². The fourth-order valence-corrected chi connectivity index (χ4v) is 2.08. The maximum atomic E-state index is 12.2. The maximum absolute atomic E-state index is 12.2. The number of para-hydroxylation sites is 1. The maximum Gasteiger partial charge on any atom is 0.274 e. The van der Waals surface area contributed by atoms with Gasteiger partial charge >= 0.3 is 0 Å². The van der Waals surface area contributed by atoms with Gasteiger partial charge in [-0.25, -0.2) is 4.68 Å². The van der Waals surface area contributed by atoms with E-state index in [4.69, 9.17) is 0 Å². The molecule has 0 aliphatic heterocycles. The molecule has 0 amide bonds. The molecular formula is C14H18N2O. The van der Waals surface area contributed by atoms with Crippen LogP contribution in [0.15, 0.2) is 29.1 Å². The molecule has 0 atom stereocenters. The zero-order chi connectivity index (χ0) is 12.6. The summed E-state index contributed by atoms with van der Waals surface area (Å²) >= 11 is 0. The van der Waals surface area contributed by atoms with Gasteiger partial charge in [-0.1, -0.05) is 32.0 Å². The van der Waals surface area contributed by atoms with Crippen molar-refractivity contribution in [3.05, 3.63) is 51.4 Å². The second-order valence-electron chi connectivity index (χ2n) is 4.73. The van der Waals surface area contributed by atoms with E-state index in [2.05, 4.69) is 18.9 Å². The number of hydrogen-bond acceptors (Lipinski definition) is 1. The standard InChI is InChI=1S/C14H18N2O/c1-9(2)13-11(4)14(17)16(15-13)12-8-6-5-7-10(12)3/h5-9,15H,1-4H3. The number of aromatic nitrogens is 2. The molecule has 3 nitrogen and oxygen atoms in total. The molecule has 0 spiro atoms. The van der Waals surface area contributed by atoms with E-state index in [1.165, 1.54) is 0 Å². The first-order valence-corrected chi connectivity index (χ1v) is 5.90. The summed E-state index contributed by atoms with van der Waals surface area (Å²) in [6.45, 7) is 8.05. The van der Waals surface area contributed by atoms with Crippen LogP contribution in [0.25, 0.3) is 5.69 Å². The van der Waals surface area contributed by atoms with Crippen LogP contribution in [0.2, 0.25) is 0 Å².